The Labute approximate surface area is 147 Å². The van der Waals surface area contributed by atoms with Crippen molar-refractivity contribution >= 4 is 11.7 Å². The molecule has 6 heteroatoms. The summed E-state index contributed by atoms with van der Waals surface area (Å²) in [5, 5.41) is 7.43. The zero-order valence-corrected chi connectivity index (χ0v) is 14.4. The van der Waals surface area contributed by atoms with Gasteiger partial charge >= 0.3 is 0 Å². The summed E-state index contributed by atoms with van der Waals surface area (Å²) in [4.78, 5) is 19.2. The van der Waals surface area contributed by atoms with E-state index in [0.717, 1.165) is 55.5 Å². The van der Waals surface area contributed by atoms with E-state index in [0.29, 0.717) is 11.7 Å². The maximum atomic E-state index is 13.1. The van der Waals surface area contributed by atoms with E-state index in [4.69, 9.17) is 5.73 Å². The first-order chi connectivity index (χ1) is 12.2. The van der Waals surface area contributed by atoms with E-state index in [9.17, 15) is 4.79 Å². The van der Waals surface area contributed by atoms with Gasteiger partial charge in [0.15, 0.2) is 0 Å². The monoisotopic (exact) mass is 339 g/mol. The van der Waals surface area contributed by atoms with E-state index in [1.54, 1.807) is 6.20 Å². The molecule has 25 heavy (non-hydrogen) atoms. The number of anilines is 1. The van der Waals surface area contributed by atoms with Crippen LogP contribution in [0.3, 0.4) is 0 Å². The average Bonchev–Trinajstić information content (AvgIpc) is 3.33. The number of hydrogen-bond acceptors (Lipinski definition) is 4. The predicted molar refractivity (Wildman–Crippen MR) is 96.5 cm³/mol. The second-order valence-corrected chi connectivity index (χ2v) is 7.19. The van der Waals surface area contributed by atoms with Crippen LogP contribution in [0.25, 0.3) is 11.1 Å². The molecule has 0 radical (unpaired) electrons. The highest BCUT2D eigenvalue weighted by Crippen LogP contribution is 2.38. The van der Waals surface area contributed by atoms with Crippen molar-refractivity contribution in [3.63, 3.8) is 0 Å². The van der Waals surface area contributed by atoms with E-state index in [-0.39, 0.29) is 12.0 Å². The smallest absolute Gasteiger partial charge is 0.226 e. The maximum absolute atomic E-state index is 13.1. The number of hydrogen-bond donors (Lipinski definition) is 2. The van der Waals surface area contributed by atoms with Crippen LogP contribution in [0.1, 0.15) is 56.7 Å². The molecule has 1 saturated heterocycles. The van der Waals surface area contributed by atoms with Gasteiger partial charge in [0, 0.05) is 24.2 Å². The van der Waals surface area contributed by atoms with Gasteiger partial charge in [-0.05, 0) is 49.8 Å². The lowest BCUT2D eigenvalue weighted by atomic mass is 9.93. The molecule has 0 bridgehead atoms. The first-order valence-electron chi connectivity index (χ1n) is 9.29. The first-order valence-corrected chi connectivity index (χ1v) is 9.29. The summed E-state index contributed by atoms with van der Waals surface area (Å²) in [6, 6.07) is 3.88. The number of carbonyl (C=O) groups is 1. The second kappa shape index (κ2) is 6.86. The molecule has 1 atom stereocenters. The Morgan fingerprint density at radius 2 is 2.00 bits per heavy atom. The summed E-state index contributed by atoms with van der Waals surface area (Å²) in [5.74, 6) is 1.03. The number of nitrogen functional groups attached to an aromatic ring is 1. The summed E-state index contributed by atoms with van der Waals surface area (Å²) in [6.45, 7) is 0.844. The molecular formula is C19H25N5O. The number of likely N-dealkylation sites (tertiary alicyclic amines) is 1. The van der Waals surface area contributed by atoms with Crippen LogP contribution in [-0.4, -0.2) is 32.5 Å². The van der Waals surface area contributed by atoms with Gasteiger partial charge in [-0.15, -0.1) is 0 Å². The standard InChI is InChI=1S/C19H25N5O/c20-17-11-14(8-9-21-17)15-12-22-23-18(15)16-7-3-4-10-24(16)19(25)13-5-1-2-6-13/h8-9,11-13,16H,1-7,10H2,(H2,20,21)(H,22,23)/t16-/m1/s1. The number of amides is 1. The average molecular weight is 339 g/mol. The number of piperidine rings is 1. The van der Waals surface area contributed by atoms with Crippen molar-refractivity contribution in [2.75, 3.05) is 12.3 Å². The molecule has 132 valence electrons. The van der Waals surface area contributed by atoms with Crippen LogP contribution < -0.4 is 5.73 Å². The molecule has 4 rings (SSSR count). The van der Waals surface area contributed by atoms with Crippen molar-refractivity contribution in [2.24, 2.45) is 5.92 Å². The van der Waals surface area contributed by atoms with Gasteiger partial charge < -0.3 is 10.6 Å². The zero-order chi connectivity index (χ0) is 17.2. The molecule has 1 aliphatic heterocycles. The minimum absolute atomic E-state index is 0.0775. The van der Waals surface area contributed by atoms with Crippen LogP contribution in [0.15, 0.2) is 24.5 Å². The molecule has 0 spiro atoms. The van der Waals surface area contributed by atoms with Crippen LogP contribution in [-0.2, 0) is 4.79 Å². The molecular weight excluding hydrogens is 314 g/mol. The molecule has 0 unspecified atom stereocenters. The van der Waals surface area contributed by atoms with Gasteiger partial charge in [0.05, 0.1) is 17.9 Å². The van der Waals surface area contributed by atoms with Crippen LogP contribution in [0, 0.1) is 5.92 Å². The number of H-pyrrole nitrogens is 1. The van der Waals surface area contributed by atoms with E-state index in [1.165, 1.54) is 12.8 Å². The van der Waals surface area contributed by atoms with E-state index >= 15 is 0 Å². The number of pyridine rings is 1. The van der Waals surface area contributed by atoms with Gasteiger partial charge in [-0.1, -0.05) is 12.8 Å². The Hall–Kier alpha value is -2.37. The summed E-state index contributed by atoms with van der Waals surface area (Å²) < 4.78 is 0. The normalized spacial score (nSPS) is 21.6. The molecule has 2 aliphatic rings. The molecule has 1 amide bonds. The van der Waals surface area contributed by atoms with E-state index in [1.807, 2.05) is 18.3 Å². The molecule has 1 aliphatic carbocycles. The Bertz CT molecular complexity index is 750. The lowest BCUT2D eigenvalue weighted by Gasteiger charge is -2.37. The van der Waals surface area contributed by atoms with Crippen LogP contribution in [0.5, 0.6) is 0 Å². The number of aromatic amines is 1. The molecule has 2 aromatic heterocycles. The fraction of sp³-hybridized carbons (Fsp3) is 0.526. The lowest BCUT2D eigenvalue weighted by molar-refractivity contribution is -0.139. The van der Waals surface area contributed by atoms with Gasteiger partial charge in [-0.25, -0.2) is 4.98 Å². The Morgan fingerprint density at radius 3 is 2.80 bits per heavy atom. The van der Waals surface area contributed by atoms with Crippen molar-refractivity contribution in [1.82, 2.24) is 20.1 Å². The van der Waals surface area contributed by atoms with E-state index in [2.05, 4.69) is 20.1 Å². The Kier molecular flexibility index (Phi) is 4.42. The second-order valence-electron chi connectivity index (χ2n) is 7.19. The number of nitrogens with one attached hydrogen (secondary N) is 1. The topological polar surface area (TPSA) is 87.9 Å². The van der Waals surface area contributed by atoms with Crippen molar-refractivity contribution in [2.45, 2.75) is 51.0 Å². The number of nitrogens with two attached hydrogens (primary N) is 1. The highest BCUT2D eigenvalue weighted by Gasteiger charge is 2.35. The summed E-state index contributed by atoms with van der Waals surface area (Å²) in [6.07, 6.45) is 11.2. The SMILES string of the molecule is Nc1cc(-c2cn[nH]c2[C@H]2CCCCN2C(=O)C2CCCC2)ccn1. The number of carbonyl (C=O) groups excluding carboxylic acids is 1. The highest BCUT2D eigenvalue weighted by molar-refractivity contribution is 5.80. The van der Waals surface area contributed by atoms with Crippen LogP contribution in [0.4, 0.5) is 5.82 Å². The molecule has 0 aromatic carbocycles. The molecule has 2 aromatic rings. The van der Waals surface area contributed by atoms with E-state index < -0.39 is 0 Å². The van der Waals surface area contributed by atoms with Gasteiger partial charge in [0.2, 0.25) is 5.91 Å². The summed E-state index contributed by atoms with van der Waals surface area (Å²) >= 11 is 0. The highest BCUT2D eigenvalue weighted by atomic mass is 16.2. The van der Waals surface area contributed by atoms with Crippen molar-refractivity contribution in [1.29, 1.82) is 0 Å². The van der Waals surface area contributed by atoms with Crippen LogP contribution in [0.2, 0.25) is 0 Å². The zero-order valence-electron chi connectivity index (χ0n) is 14.4. The third-order valence-corrected chi connectivity index (χ3v) is 5.58. The molecule has 3 heterocycles. The Balaban J connectivity index is 1.65. The maximum Gasteiger partial charge on any atom is 0.226 e. The molecule has 3 N–H and O–H groups in total. The van der Waals surface area contributed by atoms with Crippen LogP contribution >= 0.6 is 0 Å². The van der Waals surface area contributed by atoms with Gasteiger partial charge in [0.25, 0.3) is 0 Å². The molecule has 1 saturated carbocycles. The van der Waals surface area contributed by atoms with Crippen molar-refractivity contribution in [3.8, 4) is 11.1 Å². The molecule has 6 nitrogen and oxygen atoms in total. The minimum Gasteiger partial charge on any atom is -0.384 e. The van der Waals surface area contributed by atoms with Gasteiger partial charge in [0.1, 0.15) is 5.82 Å². The van der Waals surface area contributed by atoms with Crippen molar-refractivity contribution in [3.05, 3.63) is 30.2 Å². The summed E-state index contributed by atoms with van der Waals surface area (Å²) in [7, 11) is 0. The molecule has 2 fully saturated rings. The van der Waals surface area contributed by atoms with Gasteiger partial charge in [-0.2, -0.15) is 5.10 Å². The summed E-state index contributed by atoms with van der Waals surface area (Å²) in [5.41, 5.74) is 8.88. The number of nitrogens with zero attached hydrogens (tertiary/aromatic N) is 3. The minimum atomic E-state index is 0.0775. The van der Waals surface area contributed by atoms with Gasteiger partial charge in [-0.3, -0.25) is 9.89 Å². The number of aromatic nitrogens is 3. The predicted octanol–water partition coefficient (Wildman–Crippen LogP) is 3.30. The lowest BCUT2D eigenvalue weighted by Crippen LogP contribution is -2.41. The quantitative estimate of drug-likeness (QED) is 0.898. The third-order valence-electron chi connectivity index (χ3n) is 5.58. The third kappa shape index (κ3) is 3.13. The first kappa shape index (κ1) is 16.1. The number of rotatable bonds is 3. The fourth-order valence-electron chi connectivity index (χ4n) is 4.30. The van der Waals surface area contributed by atoms with Crippen molar-refractivity contribution < 1.29 is 4.79 Å². The fourth-order valence-corrected chi connectivity index (χ4v) is 4.30. The Morgan fingerprint density at radius 1 is 1.20 bits per heavy atom. The largest absolute Gasteiger partial charge is 0.384 e.